The third kappa shape index (κ3) is 4.42. The van der Waals surface area contributed by atoms with Gasteiger partial charge in [0.05, 0.1) is 12.2 Å². The van der Waals surface area contributed by atoms with Gasteiger partial charge in [0.25, 0.3) is 5.56 Å². The second kappa shape index (κ2) is 6.53. The van der Waals surface area contributed by atoms with Crippen molar-refractivity contribution in [1.29, 1.82) is 0 Å². The van der Waals surface area contributed by atoms with Gasteiger partial charge in [-0.2, -0.15) is 5.10 Å². The number of nitrogens with two attached hydrogens (primary N) is 1. The van der Waals surface area contributed by atoms with Crippen LogP contribution >= 0.6 is 0 Å². The smallest absolute Gasteiger partial charge is 0.252 e. The van der Waals surface area contributed by atoms with E-state index in [4.69, 9.17) is 5.73 Å². The Morgan fingerprint density at radius 1 is 1.43 bits per heavy atom. The van der Waals surface area contributed by atoms with E-state index < -0.39 is 0 Å². The highest BCUT2D eigenvalue weighted by molar-refractivity contribution is 5.25. The summed E-state index contributed by atoms with van der Waals surface area (Å²) >= 11 is 0. The molecule has 21 heavy (non-hydrogen) atoms. The number of H-pyrrole nitrogens is 1. The zero-order chi connectivity index (χ0) is 15.4. The molecule has 2 aromatic rings. The van der Waals surface area contributed by atoms with Crippen LogP contribution in [0.5, 0.6) is 0 Å². The van der Waals surface area contributed by atoms with Crippen LogP contribution in [-0.2, 0) is 13.0 Å². The number of aromatic nitrogens is 4. The van der Waals surface area contributed by atoms with Crippen molar-refractivity contribution in [3.05, 3.63) is 39.7 Å². The molecular weight excluding hydrogens is 268 g/mol. The summed E-state index contributed by atoms with van der Waals surface area (Å²) in [6.45, 7) is 7.66. The summed E-state index contributed by atoms with van der Waals surface area (Å²) in [5.41, 5.74) is 7.52. The summed E-state index contributed by atoms with van der Waals surface area (Å²) in [5, 5.41) is 7.83. The Balaban J connectivity index is 1.82. The van der Waals surface area contributed by atoms with E-state index in [2.05, 4.69) is 33.4 Å². The minimum absolute atomic E-state index is 0.215. The predicted molar refractivity (Wildman–Crippen MR) is 82.1 cm³/mol. The number of nitrogens with one attached hydrogen (secondary N) is 2. The van der Waals surface area contributed by atoms with Gasteiger partial charge in [-0.1, -0.05) is 0 Å². The third-order valence-electron chi connectivity index (χ3n) is 3.22. The van der Waals surface area contributed by atoms with Crippen LogP contribution in [0.4, 0.5) is 5.82 Å². The standard InChI is InChI=1S/C14H22N6O/c1-9-6-11(3)20(19-9)8-10(2)16-5-4-13-17-12(15)7-14(21)18-13/h6-7,10,16H,4-5,8H2,1-3H3,(H3,15,17,18,21)/t10-/m0/s1. The van der Waals surface area contributed by atoms with Gasteiger partial charge < -0.3 is 16.0 Å². The number of rotatable bonds is 6. The number of anilines is 1. The third-order valence-corrected chi connectivity index (χ3v) is 3.22. The first kappa shape index (κ1) is 15.2. The lowest BCUT2D eigenvalue weighted by molar-refractivity contribution is 0.445. The van der Waals surface area contributed by atoms with Crippen LogP contribution in [0.3, 0.4) is 0 Å². The summed E-state index contributed by atoms with van der Waals surface area (Å²) < 4.78 is 1.99. The van der Waals surface area contributed by atoms with Crippen molar-refractivity contribution < 1.29 is 0 Å². The average Bonchev–Trinajstić information content (AvgIpc) is 2.66. The highest BCUT2D eigenvalue weighted by Gasteiger charge is 2.07. The van der Waals surface area contributed by atoms with Crippen molar-refractivity contribution in [3.63, 3.8) is 0 Å². The number of nitrogen functional groups attached to an aromatic ring is 1. The topological polar surface area (TPSA) is 102 Å². The van der Waals surface area contributed by atoms with Gasteiger partial charge in [-0.3, -0.25) is 9.48 Å². The molecule has 1 atom stereocenters. The van der Waals surface area contributed by atoms with Crippen LogP contribution in [0.15, 0.2) is 16.9 Å². The van der Waals surface area contributed by atoms with Gasteiger partial charge in [0.2, 0.25) is 0 Å². The van der Waals surface area contributed by atoms with Gasteiger partial charge in [0, 0.05) is 30.8 Å². The maximum atomic E-state index is 11.3. The summed E-state index contributed by atoms with van der Waals surface area (Å²) in [6, 6.07) is 3.62. The Bertz CT molecular complexity index is 660. The van der Waals surface area contributed by atoms with Crippen LogP contribution in [0.1, 0.15) is 24.1 Å². The minimum atomic E-state index is -0.215. The van der Waals surface area contributed by atoms with Crippen molar-refractivity contribution >= 4 is 5.82 Å². The van der Waals surface area contributed by atoms with E-state index in [9.17, 15) is 4.79 Å². The van der Waals surface area contributed by atoms with Crippen LogP contribution < -0.4 is 16.6 Å². The van der Waals surface area contributed by atoms with Gasteiger partial charge in [-0.05, 0) is 26.8 Å². The van der Waals surface area contributed by atoms with E-state index >= 15 is 0 Å². The fourth-order valence-electron chi connectivity index (χ4n) is 2.27. The van der Waals surface area contributed by atoms with E-state index in [-0.39, 0.29) is 17.4 Å². The zero-order valence-electron chi connectivity index (χ0n) is 12.7. The first-order valence-electron chi connectivity index (χ1n) is 7.04. The van der Waals surface area contributed by atoms with E-state index in [1.54, 1.807) is 0 Å². The van der Waals surface area contributed by atoms with Crippen molar-refractivity contribution in [2.75, 3.05) is 12.3 Å². The molecule has 0 aliphatic rings. The Morgan fingerprint density at radius 2 is 2.19 bits per heavy atom. The molecule has 0 aromatic carbocycles. The highest BCUT2D eigenvalue weighted by Crippen LogP contribution is 2.03. The van der Waals surface area contributed by atoms with Crippen LogP contribution in [0, 0.1) is 13.8 Å². The monoisotopic (exact) mass is 290 g/mol. The fourth-order valence-corrected chi connectivity index (χ4v) is 2.27. The molecule has 0 saturated carbocycles. The Labute approximate surface area is 123 Å². The Morgan fingerprint density at radius 3 is 2.81 bits per heavy atom. The molecule has 0 unspecified atom stereocenters. The SMILES string of the molecule is Cc1cc(C)n(C[C@H](C)NCCc2nc(N)cc(=O)[nH]2)n1. The van der Waals surface area contributed by atoms with Crippen LogP contribution in [-0.4, -0.2) is 32.3 Å². The normalized spacial score (nSPS) is 12.5. The second-order valence-corrected chi connectivity index (χ2v) is 5.33. The van der Waals surface area contributed by atoms with Gasteiger partial charge in [0.1, 0.15) is 11.6 Å². The van der Waals surface area contributed by atoms with E-state index in [1.165, 1.54) is 6.07 Å². The minimum Gasteiger partial charge on any atom is -0.383 e. The quantitative estimate of drug-likeness (QED) is 0.714. The Hall–Kier alpha value is -2.15. The van der Waals surface area contributed by atoms with Crippen LogP contribution in [0.25, 0.3) is 0 Å². The van der Waals surface area contributed by atoms with Gasteiger partial charge >= 0.3 is 0 Å². The maximum absolute atomic E-state index is 11.3. The summed E-state index contributed by atoms with van der Waals surface area (Å²) in [4.78, 5) is 18.1. The molecule has 2 rings (SSSR count). The van der Waals surface area contributed by atoms with E-state index in [1.807, 2.05) is 18.5 Å². The molecule has 0 radical (unpaired) electrons. The second-order valence-electron chi connectivity index (χ2n) is 5.33. The number of aromatic amines is 1. The number of aryl methyl sites for hydroxylation is 2. The lowest BCUT2D eigenvalue weighted by Gasteiger charge is -2.14. The van der Waals surface area contributed by atoms with Gasteiger partial charge in [-0.25, -0.2) is 4.98 Å². The van der Waals surface area contributed by atoms with Crippen molar-refractivity contribution in [2.45, 2.75) is 39.8 Å². The molecule has 0 amide bonds. The molecule has 114 valence electrons. The van der Waals surface area contributed by atoms with E-state index in [0.717, 1.165) is 17.9 Å². The number of hydrogen-bond donors (Lipinski definition) is 3. The zero-order valence-corrected chi connectivity index (χ0v) is 12.7. The maximum Gasteiger partial charge on any atom is 0.252 e. The molecule has 2 aromatic heterocycles. The molecule has 0 saturated heterocycles. The van der Waals surface area contributed by atoms with Crippen LogP contribution in [0.2, 0.25) is 0 Å². The number of hydrogen-bond acceptors (Lipinski definition) is 5. The van der Waals surface area contributed by atoms with E-state index in [0.29, 0.717) is 18.8 Å². The van der Waals surface area contributed by atoms with Crippen molar-refractivity contribution in [2.24, 2.45) is 0 Å². The summed E-state index contributed by atoms with van der Waals surface area (Å²) in [6.07, 6.45) is 0.627. The molecular formula is C14H22N6O. The molecule has 0 aliphatic carbocycles. The molecule has 0 fully saturated rings. The van der Waals surface area contributed by atoms with Gasteiger partial charge in [0.15, 0.2) is 0 Å². The molecule has 2 heterocycles. The number of nitrogens with zero attached hydrogens (tertiary/aromatic N) is 3. The lowest BCUT2D eigenvalue weighted by Crippen LogP contribution is -2.33. The molecule has 7 heteroatoms. The summed E-state index contributed by atoms with van der Waals surface area (Å²) in [5.74, 6) is 0.857. The summed E-state index contributed by atoms with van der Waals surface area (Å²) in [7, 11) is 0. The molecule has 7 nitrogen and oxygen atoms in total. The first-order valence-corrected chi connectivity index (χ1v) is 7.04. The van der Waals surface area contributed by atoms with Crippen molar-refractivity contribution in [1.82, 2.24) is 25.1 Å². The highest BCUT2D eigenvalue weighted by atomic mass is 16.1. The fraction of sp³-hybridized carbons (Fsp3) is 0.500. The molecule has 0 bridgehead atoms. The van der Waals surface area contributed by atoms with Crippen molar-refractivity contribution in [3.8, 4) is 0 Å². The average molecular weight is 290 g/mol. The molecule has 0 aliphatic heterocycles. The first-order chi connectivity index (χ1) is 9.94. The predicted octanol–water partition coefficient (Wildman–Crippen LogP) is 0.386. The van der Waals surface area contributed by atoms with Gasteiger partial charge in [-0.15, -0.1) is 0 Å². The lowest BCUT2D eigenvalue weighted by atomic mass is 10.3. The molecule has 0 spiro atoms. The molecule has 4 N–H and O–H groups in total. The Kier molecular flexibility index (Phi) is 4.74. The largest absolute Gasteiger partial charge is 0.383 e.